The number of hydrogen-bond donors (Lipinski definition) is 1. The van der Waals surface area contributed by atoms with Crippen LogP contribution in [0.1, 0.15) is 25.3 Å². The molecule has 0 bridgehead atoms. The van der Waals surface area contributed by atoms with Crippen molar-refractivity contribution < 1.29 is 22.4 Å². The summed E-state index contributed by atoms with van der Waals surface area (Å²) in [6, 6.07) is 11.8. The fourth-order valence-electron chi connectivity index (χ4n) is 3.10. The molecule has 0 heterocycles. The number of nitrogens with zero attached hydrogens (tertiary/aromatic N) is 2. The van der Waals surface area contributed by atoms with Gasteiger partial charge in [0.2, 0.25) is 21.8 Å². The van der Waals surface area contributed by atoms with Crippen LogP contribution in [0.25, 0.3) is 0 Å². The Labute approximate surface area is 175 Å². The van der Waals surface area contributed by atoms with Crippen LogP contribution in [-0.2, 0) is 26.2 Å². The molecule has 0 aromatic heterocycles. The third-order valence-electron chi connectivity index (χ3n) is 4.79. The van der Waals surface area contributed by atoms with Gasteiger partial charge in [0.1, 0.15) is 5.82 Å². The zero-order valence-corrected chi connectivity index (χ0v) is 17.7. The first-order chi connectivity index (χ1) is 14.2. The highest BCUT2D eigenvalue weighted by Gasteiger charge is 2.34. The highest BCUT2D eigenvalue weighted by atomic mass is 32.2. The first-order valence-corrected chi connectivity index (χ1v) is 11.0. The van der Waals surface area contributed by atoms with E-state index in [-0.39, 0.29) is 41.7 Å². The molecule has 1 saturated carbocycles. The lowest BCUT2D eigenvalue weighted by Gasteiger charge is -2.25. The third-order valence-corrected chi connectivity index (χ3v) is 6.61. The second-order valence-electron chi connectivity index (χ2n) is 7.35. The van der Waals surface area contributed by atoms with Crippen LogP contribution in [0.3, 0.4) is 0 Å². The van der Waals surface area contributed by atoms with Gasteiger partial charge in [-0.2, -0.15) is 4.31 Å². The largest absolute Gasteiger partial charge is 0.334 e. The molecular weight excluding hydrogens is 409 g/mol. The molecule has 0 saturated heterocycles. The van der Waals surface area contributed by atoms with Crippen molar-refractivity contribution in [3.63, 3.8) is 0 Å². The number of likely N-dealkylation sites (N-methyl/N-ethyl adjacent to an activating group) is 1. The van der Waals surface area contributed by atoms with Gasteiger partial charge >= 0.3 is 0 Å². The van der Waals surface area contributed by atoms with E-state index in [4.69, 9.17) is 0 Å². The molecule has 0 spiro atoms. The van der Waals surface area contributed by atoms with Crippen LogP contribution >= 0.6 is 0 Å². The number of amides is 2. The molecule has 1 aliphatic rings. The van der Waals surface area contributed by atoms with Gasteiger partial charge in [0, 0.05) is 32.2 Å². The van der Waals surface area contributed by atoms with Crippen LogP contribution in [0.4, 0.5) is 10.1 Å². The first kappa shape index (κ1) is 21.9. The van der Waals surface area contributed by atoms with Crippen molar-refractivity contribution in [2.45, 2.75) is 37.2 Å². The zero-order chi connectivity index (χ0) is 21.9. The van der Waals surface area contributed by atoms with E-state index in [1.165, 1.54) is 50.4 Å². The number of carbonyl (C=O) groups is 2. The van der Waals surface area contributed by atoms with Crippen molar-refractivity contribution in [3.8, 4) is 0 Å². The van der Waals surface area contributed by atoms with Crippen LogP contribution in [0, 0.1) is 5.82 Å². The van der Waals surface area contributed by atoms with Crippen LogP contribution in [-0.4, -0.2) is 49.1 Å². The SMILES string of the molecule is CC(=O)Nc1ccc(S(=O)(=O)N(C)CC(=O)N(Cc2cccc(F)c2)C2CC2)cc1. The number of carbonyl (C=O) groups excluding carboxylic acids is 2. The third kappa shape index (κ3) is 5.43. The first-order valence-electron chi connectivity index (χ1n) is 9.55. The van der Waals surface area contributed by atoms with Gasteiger partial charge in [0.25, 0.3) is 0 Å². The van der Waals surface area contributed by atoms with Crippen molar-refractivity contribution in [2.24, 2.45) is 0 Å². The normalized spacial score (nSPS) is 13.9. The lowest BCUT2D eigenvalue weighted by molar-refractivity contribution is -0.132. The average molecular weight is 434 g/mol. The maximum absolute atomic E-state index is 13.5. The van der Waals surface area contributed by atoms with Gasteiger partial charge in [-0.1, -0.05) is 12.1 Å². The minimum atomic E-state index is -3.88. The van der Waals surface area contributed by atoms with Crippen LogP contribution in [0.5, 0.6) is 0 Å². The fourth-order valence-corrected chi connectivity index (χ4v) is 4.22. The lowest BCUT2D eigenvalue weighted by Crippen LogP contribution is -2.41. The Morgan fingerprint density at radius 3 is 2.37 bits per heavy atom. The summed E-state index contributed by atoms with van der Waals surface area (Å²) in [6.07, 6.45) is 1.70. The Hall–Kier alpha value is -2.78. The molecule has 2 aromatic rings. The monoisotopic (exact) mass is 433 g/mol. The number of sulfonamides is 1. The summed E-state index contributed by atoms with van der Waals surface area (Å²) in [5.74, 6) is -0.965. The van der Waals surface area contributed by atoms with E-state index in [1.54, 1.807) is 17.0 Å². The molecule has 1 N–H and O–H groups in total. The van der Waals surface area contributed by atoms with Crippen molar-refractivity contribution >= 4 is 27.5 Å². The molecule has 1 fully saturated rings. The summed E-state index contributed by atoms with van der Waals surface area (Å²) in [5.41, 5.74) is 1.14. The van der Waals surface area contributed by atoms with Gasteiger partial charge in [0.15, 0.2) is 0 Å². The van der Waals surface area contributed by atoms with E-state index < -0.39 is 10.0 Å². The molecule has 0 unspecified atom stereocenters. The van der Waals surface area contributed by atoms with Crippen LogP contribution < -0.4 is 5.32 Å². The van der Waals surface area contributed by atoms with E-state index in [9.17, 15) is 22.4 Å². The average Bonchev–Trinajstić information content (AvgIpc) is 3.51. The van der Waals surface area contributed by atoms with Crippen molar-refractivity contribution in [1.82, 2.24) is 9.21 Å². The molecule has 3 rings (SSSR count). The molecule has 9 heteroatoms. The van der Waals surface area contributed by atoms with Gasteiger partial charge < -0.3 is 10.2 Å². The minimum absolute atomic E-state index is 0.0232. The number of benzene rings is 2. The summed E-state index contributed by atoms with van der Waals surface area (Å²) in [4.78, 5) is 25.6. The Morgan fingerprint density at radius 1 is 1.13 bits per heavy atom. The molecule has 7 nitrogen and oxygen atoms in total. The summed E-state index contributed by atoms with van der Waals surface area (Å²) < 4.78 is 40.1. The Balaban J connectivity index is 1.70. The Morgan fingerprint density at radius 2 is 1.80 bits per heavy atom. The maximum Gasteiger partial charge on any atom is 0.243 e. The molecule has 1 aliphatic carbocycles. The topological polar surface area (TPSA) is 86.8 Å². The van der Waals surface area contributed by atoms with Crippen molar-refractivity contribution in [3.05, 3.63) is 59.9 Å². The molecule has 30 heavy (non-hydrogen) atoms. The van der Waals surface area contributed by atoms with Gasteiger partial charge in [-0.3, -0.25) is 9.59 Å². The minimum Gasteiger partial charge on any atom is -0.334 e. The molecule has 160 valence electrons. The highest BCUT2D eigenvalue weighted by Crippen LogP contribution is 2.29. The Kier molecular flexibility index (Phi) is 6.52. The molecule has 2 amide bonds. The van der Waals surface area contributed by atoms with E-state index in [0.717, 1.165) is 17.1 Å². The second kappa shape index (κ2) is 8.93. The highest BCUT2D eigenvalue weighted by molar-refractivity contribution is 7.89. The number of nitrogens with one attached hydrogen (secondary N) is 1. The number of halogens is 1. The van der Waals surface area contributed by atoms with E-state index >= 15 is 0 Å². The summed E-state index contributed by atoms with van der Waals surface area (Å²) in [7, 11) is -2.54. The molecule has 0 radical (unpaired) electrons. The van der Waals surface area contributed by atoms with Gasteiger partial charge in [-0.05, 0) is 54.8 Å². The smallest absolute Gasteiger partial charge is 0.243 e. The van der Waals surface area contributed by atoms with Gasteiger partial charge in [-0.15, -0.1) is 0 Å². The van der Waals surface area contributed by atoms with E-state index in [2.05, 4.69) is 5.32 Å². The second-order valence-corrected chi connectivity index (χ2v) is 9.39. The van der Waals surface area contributed by atoms with Gasteiger partial charge in [0.05, 0.1) is 11.4 Å². The predicted octanol–water partition coefficient (Wildman–Crippen LogP) is 2.60. The molecule has 0 atom stereocenters. The van der Waals surface area contributed by atoms with Gasteiger partial charge in [-0.25, -0.2) is 12.8 Å². The van der Waals surface area contributed by atoms with E-state index in [1.807, 2.05) is 0 Å². The van der Waals surface area contributed by atoms with Crippen LogP contribution in [0.15, 0.2) is 53.4 Å². The summed E-state index contributed by atoms with van der Waals surface area (Å²) in [5, 5.41) is 2.57. The summed E-state index contributed by atoms with van der Waals surface area (Å²) in [6.45, 7) is 1.28. The quantitative estimate of drug-likeness (QED) is 0.693. The van der Waals surface area contributed by atoms with Crippen molar-refractivity contribution in [1.29, 1.82) is 0 Å². The Bertz CT molecular complexity index is 1040. The molecule has 0 aliphatic heterocycles. The number of rotatable bonds is 8. The number of anilines is 1. The van der Waals surface area contributed by atoms with Crippen LogP contribution in [0.2, 0.25) is 0 Å². The predicted molar refractivity (Wildman–Crippen MR) is 111 cm³/mol. The fraction of sp³-hybridized carbons (Fsp3) is 0.333. The molecule has 2 aromatic carbocycles. The summed E-state index contributed by atoms with van der Waals surface area (Å²) >= 11 is 0. The van der Waals surface area contributed by atoms with Crippen molar-refractivity contribution in [2.75, 3.05) is 18.9 Å². The zero-order valence-electron chi connectivity index (χ0n) is 16.8. The van der Waals surface area contributed by atoms with E-state index in [0.29, 0.717) is 11.3 Å². The number of hydrogen-bond acceptors (Lipinski definition) is 4. The maximum atomic E-state index is 13.5. The standard InChI is InChI=1S/C21H24FN3O4S/c1-15(26)23-18-6-10-20(11-7-18)30(28,29)24(2)14-21(27)25(19-8-9-19)13-16-4-3-5-17(22)12-16/h3-7,10-12,19H,8-9,13-14H2,1-2H3,(H,23,26). The lowest BCUT2D eigenvalue weighted by atomic mass is 10.2. The molecular formula is C21H24FN3O4S.